The van der Waals surface area contributed by atoms with Crippen LogP contribution in [0, 0.1) is 17.8 Å². The van der Waals surface area contributed by atoms with Gasteiger partial charge in [-0.1, -0.05) is 0 Å². The lowest BCUT2D eigenvalue weighted by Crippen LogP contribution is -2.58. The molecular formula is C33H39BrN2O9. The molecule has 0 spiro atoms. The Hall–Kier alpha value is -3.48. The van der Waals surface area contributed by atoms with Gasteiger partial charge in [-0.25, -0.2) is 4.79 Å². The van der Waals surface area contributed by atoms with Crippen molar-refractivity contribution < 1.29 is 41.8 Å². The molecule has 0 N–H and O–H groups in total. The average molecular weight is 688 g/mol. The van der Waals surface area contributed by atoms with Crippen LogP contribution in [0.1, 0.15) is 40.5 Å². The third kappa shape index (κ3) is 5.30. The van der Waals surface area contributed by atoms with Gasteiger partial charge in [0.2, 0.25) is 5.75 Å². The highest BCUT2D eigenvalue weighted by molar-refractivity contribution is 9.06. The summed E-state index contributed by atoms with van der Waals surface area (Å²) < 4.78 is 41.3. The van der Waals surface area contributed by atoms with Crippen LogP contribution in [-0.2, 0) is 31.6 Å². The molecule has 0 bridgehead atoms. The number of piperidine rings is 1. The quantitative estimate of drug-likeness (QED) is 0.305. The molecule has 12 heteroatoms. The fraction of sp³-hybridized carbons (Fsp3) is 0.515. The lowest BCUT2D eigenvalue weighted by molar-refractivity contribution is -0.169. The second kappa shape index (κ2) is 12.7. The Morgan fingerprint density at radius 3 is 2.29 bits per heavy atom. The number of esters is 1. The number of aryl methyl sites for hydroxylation is 1. The molecule has 2 fully saturated rings. The Labute approximate surface area is 271 Å². The fourth-order valence-corrected chi connectivity index (χ4v) is 8.27. The molecule has 0 amide bonds. The molecule has 1 saturated carbocycles. The molecule has 0 radical (unpaired) electrons. The number of methoxy groups -OCH3 is 5. The number of carbonyl (C=O) groups is 2. The number of hydrogen-bond acceptors (Lipinski definition) is 10. The molecule has 1 aliphatic carbocycles. The minimum absolute atomic E-state index is 0.0455. The highest BCUT2D eigenvalue weighted by Crippen LogP contribution is 2.51. The van der Waals surface area contributed by atoms with Crippen molar-refractivity contribution in [2.45, 2.75) is 37.5 Å². The highest BCUT2D eigenvalue weighted by Gasteiger charge is 2.55. The van der Waals surface area contributed by atoms with Crippen molar-refractivity contribution in [1.29, 1.82) is 0 Å². The van der Waals surface area contributed by atoms with E-state index in [9.17, 15) is 9.59 Å². The second-order valence-electron chi connectivity index (χ2n) is 11.9. The molecule has 1 aromatic heterocycles. The van der Waals surface area contributed by atoms with Gasteiger partial charge in [0.15, 0.2) is 27.8 Å². The molecule has 6 rings (SSSR count). The van der Waals surface area contributed by atoms with Gasteiger partial charge in [-0.05, 0) is 60.9 Å². The van der Waals surface area contributed by atoms with Gasteiger partial charge in [-0.2, -0.15) is 0 Å². The maximum absolute atomic E-state index is 13.6. The van der Waals surface area contributed by atoms with Crippen LogP contribution in [0.3, 0.4) is 0 Å². The van der Waals surface area contributed by atoms with Crippen molar-refractivity contribution in [3.05, 3.63) is 47.2 Å². The molecule has 6 atom stereocenters. The summed E-state index contributed by atoms with van der Waals surface area (Å²) in [6.45, 7) is 1.67. The van der Waals surface area contributed by atoms with Gasteiger partial charge in [0.1, 0.15) is 18.0 Å². The summed E-state index contributed by atoms with van der Waals surface area (Å²) in [6.07, 6.45) is 0.850. The summed E-state index contributed by atoms with van der Waals surface area (Å²) in [5.74, 6) is 0.256. The third-order valence-electron chi connectivity index (χ3n) is 10.0. The number of halogens is 1. The Morgan fingerprint density at radius 1 is 0.933 bits per heavy atom. The summed E-state index contributed by atoms with van der Waals surface area (Å²) in [5.41, 5.74) is 4.00. The predicted octanol–water partition coefficient (Wildman–Crippen LogP) is 4.86. The maximum atomic E-state index is 13.6. The normalized spacial score (nSPS) is 25.8. The van der Waals surface area contributed by atoms with E-state index in [-0.39, 0.29) is 23.4 Å². The molecule has 2 aromatic carbocycles. The number of fused-ring (bicyclic) bond motifs is 6. The number of aromatic nitrogens is 1. The van der Waals surface area contributed by atoms with Crippen LogP contribution in [0.5, 0.6) is 23.0 Å². The van der Waals surface area contributed by atoms with E-state index in [4.69, 9.17) is 32.2 Å². The van der Waals surface area contributed by atoms with Crippen LogP contribution in [0.2, 0.25) is 0 Å². The summed E-state index contributed by atoms with van der Waals surface area (Å²) in [4.78, 5) is 29.5. The number of benzene rings is 2. The topological polar surface area (TPSA) is 107 Å². The number of rotatable bonds is 8. The Bertz CT molecular complexity index is 1580. The molecular weight excluding hydrogens is 648 g/mol. The van der Waals surface area contributed by atoms with Crippen molar-refractivity contribution in [2.24, 2.45) is 24.8 Å². The molecule has 45 heavy (non-hydrogen) atoms. The van der Waals surface area contributed by atoms with Crippen LogP contribution < -0.4 is 18.9 Å². The molecule has 3 heterocycles. The minimum Gasteiger partial charge on any atom is -0.497 e. The van der Waals surface area contributed by atoms with Crippen molar-refractivity contribution in [3.63, 3.8) is 0 Å². The average Bonchev–Trinajstić information content (AvgIpc) is 3.36. The largest absolute Gasteiger partial charge is 0.497 e. The first-order valence-corrected chi connectivity index (χ1v) is 15.7. The number of nitrogens with zero attached hydrogens (tertiary/aromatic N) is 2. The fourth-order valence-electron chi connectivity index (χ4n) is 8.05. The van der Waals surface area contributed by atoms with Crippen molar-refractivity contribution in [1.82, 2.24) is 9.47 Å². The SMILES string of the molecule is COc1ccc2c3c(n(C)c2c1)[C@H]1C[C@H]2[C@H](C[C@@H](OC(=O)c4cc(OC)c(OC)c(OC)c4)[C@H](OC)[C@H]2C(=O)OBr)CN1CC3. The van der Waals surface area contributed by atoms with Gasteiger partial charge < -0.3 is 36.8 Å². The molecule has 3 aromatic rings. The maximum Gasteiger partial charge on any atom is 0.338 e. The van der Waals surface area contributed by atoms with E-state index in [2.05, 4.69) is 44.9 Å². The van der Waals surface area contributed by atoms with Crippen LogP contribution in [-0.4, -0.2) is 82.3 Å². The van der Waals surface area contributed by atoms with Gasteiger partial charge >= 0.3 is 11.9 Å². The minimum atomic E-state index is -0.700. The zero-order valence-electron chi connectivity index (χ0n) is 26.3. The van der Waals surface area contributed by atoms with Gasteiger partial charge in [0.25, 0.3) is 0 Å². The summed E-state index contributed by atoms with van der Waals surface area (Å²) in [7, 11) is 9.81. The monoisotopic (exact) mass is 686 g/mol. The zero-order valence-corrected chi connectivity index (χ0v) is 27.9. The molecule has 2 aliphatic heterocycles. The van der Waals surface area contributed by atoms with E-state index in [0.29, 0.717) is 23.7 Å². The number of hydrogen-bond donors (Lipinski definition) is 0. The van der Waals surface area contributed by atoms with Crippen LogP contribution in [0.4, 0.5) is 0 Å². The molecule has 242 valence electrons. The Morgan fingerprint density at radius 2 is 1.67 bits per heavy atom. The van der Waals surface area contributed by atoms with Gasteiger partial charge in [-0.15, -0.1) is 0 Å². The van der Waals surface area contributed by atoms with E-state index in [0.717, 1.165) is 37.2 Å². The van der Waals surface area contributed by atoms with Gasteiger partial charge in [0, 0.05) is 44.4 Å². The zero-order chi connectivity index (χ0) is 32.0. The van der Waals surface area contributed by atoms with Crippen molar-refractivity contribution in [3.8, 4) is 23.0 Å². The standard InChI is InChI=1S/C33H39BrN2O9/c1-35-23-14-19(39-2)7-8-20(23)21-9-10-36-16-18-13-27(31(43-6)28(33(38)45-34)22(18)15-24(36)29(21)35)44-32(37)17-11-25(40-3)30(42-5)26(12-17)41-4/h7-8,11-12,14,18,22,24,27-28,31H,9-10,13,15-16H2,1-6H3/t18-,22+,24-,27-,28+,31+/m1/s1. The van der Waals surface area contributed by atoms with Crippen molar-refractivity contribution >= 4 is 39.1 Å². The number of carbonyl (C=O) groups excluding carboxylic acids is 2. The smallest absolute Gasteiger partial charge is 0.338 e. The van der Waals surface area contributed by atoms with Crippen molar-refractivity contribution in [2.75, 3.05) is 48.6 Å². The Kier molecular flexibility index (Phi) is 8.91. The van der Waals surface area contributed by atoms with Gasteiger partial charge in [-0.3, -0.25) is 9.69 Å². The molecule has 1 saturated heterocycles. The lowest BCUT2D eigenvalue weighted by atomic mass is 9.64. The molecule has 3 aliphatic rings. The first kappa shape index (κ1) is 31.5. The number of ether oxygens (including phenoxy) is 6. The van der Waals surface area contributed by atoms with Gasteiger partial charge in [0.05, 0.1) is 51.5 Å². The predicted molar refractivity (Wildman–Crippen MR) is 168 cm³/mol. The highest BCUT2D eigenvalue weighted by atomic mass is 79.9. The summed E-state index contributed by atoms with van der Waals surface area (Å²) in [5, 5.41) is 1.24. The van der Waals surface area contributed by atoms with E-state index >= 15 is 0 Å². The lowest BCUT2D eigenvalue weighted by Gasteiger charge is -2.53. The van der Waals surface area contributed by atoms with Crippen LogP contribution >= 0.6 is 16.3 Å². The second-order valence-corrected chi connectivity index (χ2v) is 12.3. The molecule has 11 nitrogen and oxygen atoms in total. The van der Waals surface area contributed by atoms with E-state index in [1.165, 1.54) is 38.0 Å². The van der Waals surface area contributed by atoms with E-state index in [1.54, 1.807) is 26.4 Å². The first-order valence-electron chi connectivity index (χ1n) is 15.0. The van der Waals surface area contributed by atoms with E-state index in [1.807, 2.05) is 6.07 Å². The third-order valence-corrected chi connectivity index (χ3v) is 10.4. The van der Waals surface area contributed by atoms with Crippen LogP contribution in [0.15, 0.2) is 30.3 Å². The summed E-state index contributed by atoms with van der Waals surface area (Å²) in [6, 6.07) is 9.48. The van der Waals surface area contributed by atoms with E-state index < -0.39 is 30.1 Å². The Balaban J connectivity index is 1.31. The molecule has 0 unspecified atom stereocenters. The summed E-state index contributed by atoms with van der Waals surface area (Å²) >= 11 is 2.94. The first-order chi connectivity index (χ1) is 21.8. The van der Waals surface area contributed by atoms with Crippen LogP contribution in [0.25, 0.3) is 10.9 Å².